The van der Waals surface area contributed by atoms with Crippen LogP contribution in [-0.4, -0.2) is 18.8 Å². The summed E-state index contributed by atoms with van der Waals surface area (Å²) in [6.07, 6.45) is 4.93. The third-order valence-corrected chi connectivity index (χ3v) is 3.56. The van der Waals surface area contributed by atoms with E-state index in [-0.39, 0.29) is 6.04 Å². The van der Waals surface area contributed by atoms with E-state index in [0.717, 1.165) is 43.9 Å². The van der Waals surface area contributed by atoms with Crippen LogP contribution >= 0.6 is 0 Å². The Balaban J connectivity index is 1.85. The highest BCUT2D eigenvalue weighted by Gasteiger charge is 2.18. The van der Waals surface area contributed by atoms with Gasteiger partial charge in [0.25, 0.3) is 0 Å². The molecule has 0 bridgehead atoms. The van der Waals surface area contributed by atoms with Crippen LogP contribution in [0.2, 0.25) is 0 Å². The Morgan fingerprint density at radius 1 is 1.37 bits per heavy atom. The molecule has 106 valence electrons. The lowest BCUT2D eigenvalue weighted by atomic mass is 9.99. The molecule has 0 spiro atoms. The van der Waals surface area contributed by atoms with Gasteiger partial charge in [-0.2, -0.15) is 0 Å². The molecule has 1 aliphatic heterocycles. The van der Waals surface area contributed by atoms with E-state index in [9.17, 15) is 8.78 Å². The minimum absolute atomic E-state index is 0.0501. The maximum atomic E-state index is 13.1. The SMILES string of the molecule is NNC(CCC1CCCO1)Cc1ccc(F)c(F)c1. The van der Waals surface area contributed by atoms with Crippen LogP contribution in [-0.2, 0) is 11.2 Å². The summed E-state index contributed by atoms with van der Waals surface area (Å²) in [5.41, 5.74) is 3.48. The van der Waals surface area contributed by atoms with Gasteiger partial charge in [-0.25, -0.2) is 8.78 Å². The Bertz CT molecular complexity index is 408. The van der Waals surface area contributed by atoms with Gasteiger partial charge in [0.15, 0.2) is 11.6 Å². The number of nitrogens with one attached hydrogen (secondary N) is 1. The molecule has 2 rings (SSSR count). The molecule has 0 radical (unpaired) electrons. The predicted octanol–water partition coefficient (Wildman–Crippen LogP) is 2.30. The van der Waals surface area contributed by atoms with Crippen LogP contribution < -0.4 is 11.3 Å². The molecule has 0 saturated carbocycles. The number of nitrogens with two attached hydrogens (primary N) is 1. The minimum Gasteiger partial charge on any atom is -0.378 e. The molecule has 5 heteroatoms. The van der Waals surface area contributed by atoms with Gasteiger partial charge in [0.1, 0.15) is 0 Å². The van der Waals surface area contributed by atoms with E-state index in [0.29, 0.717) is 12.5 Å². The fourth-order valence-electron chi connectivity index (χ4n) is 2.45. The maximum Gasteiger partial charge on any atom is 0.159 e. The molecule has 1 saturated heterocycles. The predicted molar refractivity (Wildman–Crippen MR) is 69.4 cm³/mol. The van der Waals surface area contributed by atoms with Gasteiger partial charge >= 0.3 is 0 Å². The van der Waals surface area contributed by atoms with E-state index in [1.807, 2.05) is 0 Å². The molecule has 1 heterocycles. The Kier molecular flexibility index (Phi) is 5.24. The highest BCUT2D eigenvalue weighted by atomic mass is 19.2. The Morgan fingerprint density at radius 3 is 2.84 bits per heavy atom. The van der Waals surface area contributed by atoms with Crippen molar-refractivity contribution in [1.29, 1.82) is 0 Å². The standard InChI is InChI=1S/C14H20F2N2O/c15-13-6-3-10(9-14(13)16)8-11(18-17)4-5-12-2-1-7-19-12/h3,6,9,11-12,18H,1-2,4-5,7-8,17H2. The van der Waals surface area contributed by atoms with E-state index in [1.165, 1.54) is 6.07 Å². The summed E-state index contributed by atoms with van der Waals surface area (Å²) in [7, 11) is 0. The van der Waals surface area contributed by atoms with Crippen molar-refractivity contribution in [1.82, 2.24) is 5.43 Å². The number of rotatable bonds is 6. The zero-order valence-corrected chi connectivity index (χ0v) is 10.9. The first-order chi connectivity index (χ1) is 9.19. The third kappa shape index (κ3) is 4.23. The molecule has 3 nitrogen and oxygen atoms in total. The normalized spacial score (nSPS) is 20.7. The number of hydrogen-bond donors (Lipinski definition) is 2. The lowest BCUT2D eigenvalue weighted by Gasteiger charge is -2.18. The van der Waals surface area contributed by atoms with Crippen LogP contribution in [0.4, 0.5) is 8.78 Å². The van der Waals surface area contributed by atoms with Gasteiger partial charge in [-0.1, -0.05) is 6.07 Å². The summed E-state index contributed by atoms with van der Waals surface area (Å²) in [4.78, 5) is 0. The Labute approximate surface area is 112 Å². The van der Waals surface area contributed by atoms with Crippen LogP contribution in [0.15, 0.2) is 18.2 Å². The largest absolute Gasteiger partial charge is 0.378 e. The molecule has 0 aliphatic carbocycles. The van der Waals surface area contributed by atoms with E-state index < -0.39 is 11.6 Å². The van der Waals surface area contributed by atoms with Crippen molar-refractivity contribution in [2.75, 3.05) is 6.61 Å². The molecule has 1 aromatic rings. The minimum atomic E-state index is -0.819. The van der Waals surface area contributed by atoms with Crippen LogP contribution in [0.1, 0.15) is 31.2 Å². The van der Waals surface area contributed by atoms with Crippen molar-refractivity contribution in [3.05, 3.63) is 35.4 Å². The van der Waals surface area contributed by atoms with Gasteiger partial charge in [0.05, 0.1) is 6.10 Å². The molecule has 0 amide bonds. The fourth-order valence-corrected chi connectivity index (χ4v) is 2.45. The van der Waals surface area contributed by atoms with Crippen molar-refractivity contribution in [3.63, 3.8) is 0 Å². The maximum absolute atomic E-state index is 13.1. The lowest BCUT2D eigenvalue weighted by Crippen LogP contribution is -2.37. The first kappa shape index (κ1) is 14.4. The zero-order valence-electron chi connectivity index (χ0n) is 10.9. The van der Waals surface area contributed by atoms with Crippen molar-refractivity contribution in [2.45, 2.75) is 44.2 Å². The molecule has 2 unspecified atom stereocenters. The van der Waals surface area contributed by atoms with E-state index >= 15 is 0 Å². The van der Waals surface area contributed by atoms with Crippen molar-refractivity contribution < 1.29 is 13.5 Å². The first-order valence-electron chi connectivity index (χ1n) is 6.70. The molecule has 1 aromatic carbocycles. The topological polar surface area (TPSA) is 47.3 Å². The lowest BCUT2D eigenvalue weighted by molar-refractivity contribution is 0.0996. The number of halogens is 2. The molecule has 1 aliphatic rings. The molecule has 19 heavy (non-hydrogen) atoms. The number of benzene rings is 1. The van der Waals surface area contributed by atoms with E-state index in [4.69, 9.17) is 10.6 Å². The van der Waals surface area contributed by atoms with Crippen molar-refractivity contribution >= 4 is 0 Å². The zero-order chi connectivity index (χ0) is 13.7. The number of hydrogen-bond acceptors (Lipinski definition) is 3. The molecule has 3 N–H and O–H groups in total. The highest BCUT2D eigenvalue weighted by molar-refractivity contribution is 5.18. The van der Waals surface area contributed by atoms with Gasteiger partial charge in [-0.05, 0) is 49.8 Å². The molecule has 0 aromatic heterocycles. The van der Waals surface area contributed by atoms with Crippen molar-refractivity contribution in [2.24, 2.45) is 5.84 Å². The van der Waals surface area contributed by atoms with Gasteiger partial charge in [0.2, 0.25) is 0 Å². The van der Waals surface area contributed by atoms with Crippen LogP contribution in [0, 0.1) is 11.6 Å². The molecule has 2 atom stereocenters. The van der Waals surface area contributed by atoms with Crippen LogP contribution in [0.25, 0.3) is 0 Å². The van der Waals surface area contributed by atoms with E-state index in [2.05, 4.69) is 5.43 Å². The third-order valence-electron chi connectivity index (χ3n) is 3.56. The Hall–Kier alpha value is -1.04. The second-order valence-corrected chi connectivity index (χ2v) is 5.03. The summed E-state index contributed by atoms with van der Waals surface area (Å²) in [5, 5.41) is 0. The monoisotopic (exact) mass is 270 g/mol. The van der Waals surface area contributed by atoms with E-state index in [1.54, 1.807) is 6.07 Å². The first-order valence-corrected chi connectivity index (χ1v) is 6.70. The Morgan fingerprint density at radius 2 is 2.21 bits per heavy atom. The molecule has 1 fully saturated rings. The summed E-state index contributed by atoms with van der Waals surface area (Å²) in [6, 6.07) is 4.02. The van der Waals surface area contributed by atoms with Crippen LogP contribution in [0.5, 0.6) is 0 Å². The van der Waals surface area contributed by atoms with Gasteiger partial charge < -0.3 is 4.74 Å². The smallest absolute Gasteiger partial charge is 0.159 e. The number of hydrazine groups is 1. The molecular weight excluding hydrogens is 250 g/mol. The quantitative estimate of drug-likeness (QED) is 0.616. The van der Waals surface area contributed by atoms with Crippen LogP contribution in [0.3, 0.4) is 0 Å². The summed E-state index contributed by atoms with van der Waals surface area (Å²) >= 11 is 0. The highest BCUT2D eigenvalue weighted by Crippen LogP contribution is 2.19. The molecular formula is C14H20F2N2O. The fraction of sp³-hybridized carbons (Fsp3) is 0.571. The number of ether oxygens (including phenoxy) is 1. The summed E-state index contributed by atoms with van der Waals surface area (Å²) in [5.74, 6) is 3.88. The summed E-state index contributed by atoms with van der Waals surface area (Å²) in [6.45, 7) is 0.842. The summed E-state index contributed by atoms with van der Waals surface area (Å²) < 4.78 is 31.5. The van der Waals surface area contributed by atoms with Gasteiger partial charge in [0, 0.05) is 12.6 Å². The second kappa shape index (κ2) is 6.93. The van der Waals surface area contributed by atoms with Gasteiger partial charge in [-0.15, -0.1) is 0 Å². The van der Waals surface area contributed by atoms with Crippen molar-refractivity contribution in [3.8, 4) is 0 Å². The van der Waals surface area contributed by atoms with Gasteiger partial charge in [-0.3, -0.25) is 11.3 Å². The average Bonchev–Trinajstić information content (AvgIpc) is 2.92. The average molecular weight is 270 g/mol. The second-order valence-electron chi connectivity index (χ2n) is 5.03.